The van der Waals surface area contributed by atoms with Gasteiger partial charge in [0, 0.05) is 11.7 Å². The number of aryl methyl sites for hydroxylation is 1. The van der Waals surface area contributed by atoms with Gasteiger partial charge in [0.05, 0.1) is 4.47 Å². The van der Waals surface area contributed by atoms with Crippen LogP contribution in [0.5, 0.6) is 0 Å². The van der Waals surface area contributed by atoms with Crippen molar-refractivity contribution in [1.29, 1.82) is 0 Å². The van der Waals surface area contributed by atoms with Crippen LogP contribution in [0.2, 0.25) is 0 Å². The molecule has 2 aromatic carbocycles. The van der Waals surface area contributed by atoms with Crippen LogP contribution >= 0.6 is 15.9 Å². The number of benzene rings is 2. The van der Waals surface area contributed by atoms with Gasteiger partial charge in [-0.2, -0.15) is 0 Å². The van der Waals surface area contributed by atoms with E-state index in [0.29, 0.717) is 4.47 Å². The molecule has 0 saturated carbocycles. The smallest absolute Gasteiger partial charge is 0.137 e. The molecule has 1 unspecified atom stereocenters. The normalized spacial score (nSPS) is 12.2. The summed E-state index contributed by atoms with van der Waals surface area (Å²) in [6.45, 7) is 4.13. The summed E-state index contributed by atoms with van der Waals surface area (Å²) >= 11 is 3.21. The largest absolute Gasteiger partial charge is 0.378 e. The van der Waals surface area contributed by atoms with Crippen LogP contribution in [0.4, 0.5) is 10.1 Å². The van der Waals surface area contributed by atoms with Crippen LogP contribution in [0.15, 0.2) is 46.9 Å². The third kappa shape index (κ3) is 2.91. The van der Waals surface area contributed by atoms with E-state index in [9.17, 15) is 4.39 Å². The first-order valence-electron chi connectivity index (χ1n) is 5.85. The lowest BCUT2D eigenvalue weighted by atomic mass is 10.1. The Kier molecular flexibility index (Phi) is 4.02. The van der Waals surface area contributed by atoms with Gasteiger partial charge in [-0.05, 0) is 59.1 Å². The molecule has 0 amide bonds. The zero-order valence-electron chi connectivity index (χ0n) is 10.4. The Morgan fingerprint density at radius 3 is 2.56 bits per heavy atom. The molecule has 0 heterocycles. The monoisotopic (exact) mass is 307 g/mol. The second-order valence-electron chi connectivity index (χ2n) is 4.35. The van der Waals surface area contributed by atoms with Gasteiger partial charge < -0.3 is 5.32 Å². The minimum atomic E-state index is -0.234. The van der Waals surface area contributed by atoms with Crippen molar-refractivity contribution in [2.75, 3.05) is 5.32 Å². The van der Waals surface area contributed by atoms with Crippen molar-refractivity contribution >= 4 is 21.6 Å². The highest BCUT2D eigenvalue weighted by Crippen LogP contribution is 2.25. The van der Waals surface area contributed by atoms with Crippen LogP contribution < -0.4 is 5.32 Å². The molecule has 0 bridgehead atoms. The predicted octanol–water partition coefficient (Wildman–Crippen LogP) is 5.07. The number of hydrogen-bond acceptors (Lipinski definition) is 1. The zero-order chi connectivity index (χ0) is 13.1. The van der Waals surface area contributed by atoms with Crippen molar-refractivity contribution in [3.8, 4) is 0 Å². The summed E-state index contributed by atoms with van der Waals surface area (Å²) in [5, 5.41) is 3.43. The number of hydrogen-bond donors (Lipinski definition) is 1. The minimum absolute atomic E-state index is 0.128. The Labute approximate surface area is 115 Å². The molecule has 0 fully saturated rings. The fourth-order valence-electron chi connectivity index (χ4n) is 1.83. The number of para-hydroxylation sites is 1. The second-order valence-corrected chi connectivity index (χ2v) is 5.21. The SMILES string of the molecule is Cc1ccccc1NC(C)c1ccc(F)c(Br)c1. The van der Waals surface area contributed by atoms with E-state index in [1.54, 1.807) is 6.07 Å². The maximum atomic E-state index is 13.2. The van der Waals surface area contributed by atoms with Gasteiger partial charge in [-0.15, -0.1) is 0 Å². The molecule has 1 nitrogen and oxygen atoms in total. The molecule has 3 heteroatoms. The van der Waals surface area contributed by atoms with Crippen molar-refractivity contribution in [3.05, 3.63) is 63.9 Å². The molecular weight excluding hydrogens is 293 g/mol. The van der Waals surface area contributed by atoms with E-state index < -0.39 is 0 Å². The second kappa shape index (κ2) is 5.53. The van der Waals surface area contributed by atoms with Gasteiger partial charge >= 0.3 is 0 Å². The Morgan fingerprint density at radius 2 is 1.89 bits per heavy atom. The van der Waals surface area contributed by atoms with Crippen LogP contribution in [0.25, 0.3) is 0 Å². The summed E-state index contributed by atoms with van der Waals surface area (Å²) in [7, 11) is 0. The van der Waals surface area contributed by atoms with Gasteiger partial charge in [0.1, 0.15) is 5.82 Å². The van der Waals surface area contributed by atoms with Gasteiger partial charge in [0.25, 0.3) is 0 Å². The highest BCUT2D eigenvalue weighted by Gasteiger charge is 2.08. The molecule has 0 aliphatic carbocycles. The van der Waals surface area contributed by atoms with E-state index in [1.165, 1.54) is 11.6 Å². The Balaban J connectivity index is 2.19. The van der Waals surface area contributed by atoms with Crippen molar-refractivity contribution in [2.45, 2.75) is 19.9 Å². The highest BCUT2D eigenvalue weighted by atomic mass is 79.9. The Hall–Kier alpha value is -1.35. The summed E-state index contributed by atoms with van der Waals surface area (Å²) < 4.78 is 13.7. The molecule has 1 N–H and O–H groups in total. The van der Waals surface area contributed by atoms with E-state index >= 15 is 0 Å². The maximum Gasteiger partial charge on any atom is 0.137 e. The fraction of sp³-hybridized carbons (Fsp3) is 0.200. The average molecular weight is 308 g/mol. The number of halogens is 2. The van der Waals surface area contributed by atoms with Crippen molar-refractivity contribution < 1.29 is 4.39 Å². The van der Waals surface area contributed by atoms with Crippen molar-refractivity contribution in [2.24, 2.45) is 0 Å². The molecular formula is C15H15BrFN. The first-order chi connectivity index (χ1) is 8.58. The summed E-state index contributed by atoms with van der Waals surface area (Å²) in [5.74, 6) is -0.234. The number of rotatable bonds is 3. The van der Waals surface area contributed by atoms with Crippen molar-refractivity contribution in [1.82, 2.24) is 0 Å². The van der Waals surface area contributed by atoms with Gasteiger partial charge in [0.2, 0.25) is 0 Å². The fourth-order valence-corrected chi connectivity index (χ4v) is 2.23. The third-order valence-electron chi connectivity index (χ3n) is 2.96. The molecule has 1 atom stereocenters. The molecule has 2 rings (SSSR count). The molecule has 0 aliphatic rings. The van der Waals surface area contributed by atoms with E-state index in [4.69, 9.17) is 0 Å². The van der Waals surface area contributed by atoms with Crippen molar-refractivity contribution in [3.63, 3.8) is 0 Å². The maximum absolute atomic E-state index is 13.2. The molecule has 94 valence electrons. The van der Waals surface area contributed by atoms with Gasteiger partial charge in [-0.25, -0.2) is 4.39 Å². The molecule has 0 aliphatic heterocycles. The highest BCUT2D eigenvalue weighted by molar-refractivity contribution is 9.10. The standard InChI is InChI=1S/C15H15BrFN/c1-10-5-3-4-6-15(10)18-11(2)12-7-8-14(17)13(16)9-12/h3-9,11,18H,1-2H3. The predicted molar refractivity (Wildman–Crippen MR) is 77.3 cm³/mol. The summed E-state index contributed by atoms with van der Waals surface area (Å²) in [6, 6.07) is 13.3. The molecule has 0 saturated heterocycles. The molecule has 0 aromatic heterocycles. The topological polar surface area (TPSA) is 12.0 Å². The van der Waals surface area contributed by atoms with Crippen LogP contribution in [-0.2, 0) is 0 Å². The number of anilines is 1. The lowest BCUT2D eigenvalue weighted by Gasteiger charge is -2.17. The molecule has 2 aromatic rings. The van der Waals surface area contributed by atoms with Gasteiger partial charge in [0.15, 0.2) is 0 Å². The zero-order valence-corrected chi connectivity index (χ0v) is 12.0. The van der Waals surface area contributed by atoms with E-state index in [1.807, 2.05) is 24.3 Å². The van der Waals surface area contributed by atoms with E-state index in [2.05, 4.69) is 41.2 Å². The molecule has 0 spiro atoms. The average Bonchev–Trinajstić information content (AvgIpc) is 2.35. The Morgan fingerprint density at radius 1 is 1.17 bits per heavy atom. The van der Waals surface area contributed by atoms with Gasteiger partial charge in [-0.3, -0.25) is 0 Å². The first-order valence-corrected chi connectivity index (χ1v) is 6.64. The van der Waals surface area contributed by atoms with Crippen LogP contribution in [0.3, 0.4) is 0 Å². The Bertz CT molecular complexity index is 554. The summed E-state index contributed by atoms with van der Waals surface area (Å²) in [4.78, 5) is 0. The first kappa shape index (κ1) is 13.1. The van der Waals surface area contributed by atoms with E-state index in [0.717, 1.165) is 11.3 Å². The van der Waals surface area contributed by atoms with E-state index in [-0.39, 0.29) is 11.9 Å². The van der Waals surface area contributed by atoms with Crippen LogP contribution in [-0.4, -0.2) is 0 Å². The van der Waals surface area contributed by atoms with Crippen LogP contribution in [0, 0.1) is 12.7 Å². The lowest BCUT2D eigenvalue weighted by Crippen LogP contribution is -2.07. The molecule has 0 radical (unpaired) electrons. The van der Waals surface area contributed by atoms with Crippen LogP contribution in [0.1, 0.15) is 24.1 Å². The summed E-state index contributed by atoms with van der Waals surface area (Å²) in [6.07, 6.45) is 0. The van der Waals surface area contributed by atoms with Gasteiger partial charge in [-0.1, -0.05) is 24.3 Å². The summed E-state index contributed by atoms with van der Waals surface area (Å²) in [5.41, 5.74) is 3.35. The number of nitrogens with one attached hydrogen (secondary N) is 1. The third-order valence-corrected chi connectivity index (χ3v) is 3.57. The molecule has 18 heavy (non-hydrogen) atoms. The minimum Gasteiger partial charge on any atom is -0.378 e. The quantitative estimate of drug-likeness (QED) is 0.834. The lowest BCUT2D eigenvalue weighted by molar-refractivity contribution is 0.619.